The molecule has 0 bridgehead atoms. The highest BCUT2D eigenvalue weighted by Gasteiger charge is 2.30. The highest BCUT2D eigenvalue weighted by molar-refractivity contribution is 5.78. The van der Waals surface area contributed by atoms with E-state index in [-0.39, 0.29) is 12.5 Å². The maximum Gasteiger partial charge on any atom is 0.236 e. The van der Waals surface area contributed by atoms with Gasteiger partial charge in [0.1, 0.15) is 0 Å². The van der Waals surface area contributed by atoms with Crippen LogP contribution in [0.5, 0.6) is 0 Å². The van der Waals surface area contributed by atoms with E-state index >= 15 is 0 Å². The lowest BCUT2D eigenvalue weighted by molar-refractivity contribution is -0.130. The average molecular weight is 262 g/mol. The number of hydrogen-bond donors (Lipinski definition) is 2. The molecule has 0 radical (unpaired) electrons. The fraction of sp³-hybridized carbons (Fsp3) is 0.533. The quantitative estimate of drug-likeness (QED) is 0.778. The predicted octanol–water partition coefficient (Wildman–Crippen LogP) is 1.28. The van der Waals surface area contributed by atoms with Gasteiger partial charge in [0, 0.05) is 19.1 Å². The number of carbonyl (C=O) groups is 1. The third-order valence-corrected chi connectivity index (χ3v) is 3.43. The van der Waals surface area contributed by atoms with E-state index in [1.807, 2.05) is 36.1 Å². The second kappa shape index (κ2) is 6.68. The maximum atomic E-state index is 12.0. The topological polar surface area (TPSA) is 52.6 Å². The Morgan fingerprint density at radius 3 is 2.79 bits per heavy atom. The molecule has 0 saturated heterocycles. The molecule has 0 heterocycles. The van der Waals surface area contributed by atoms with Gasteiger partial charge in [-0.25, -0.2) is 0 Å². The van der Waals surface area contributed by atoms with Crippen molar-refractivity contribution in [3.05, 3.63) is 35.4 Å². The Kier molecular flexibility index (Phi) is 4.93. The number of hydrogen-bond acceptors (Lipinski definition) is 3. The molecule has 0 spiro atoms. The molecule has 4 heteroatoms. The summed E-state index contributed by atoms with van der Waals surface area (Å²) in [4.78, 5) is 13.9. The Morgan fingerprint density at radius 1 is 1.42 bits per heavy atom. The first-order valence-electron chi connectivity index (χ1n) is 6.93. The van der Waals surface area contributed by atoms with E-state index in [4.69, 9.17) is 5.11 Å². The molecule has 0 aliphatic heterocycles. The summed E-state index contributed by atoms with van der Waals surface area (Å²) in [6, 6.07) is 8.25. The molecule has 2 rings (SSSR count). The van der Waals surface area contributed by atoms with Gasteiger partial charge in [-0.3, -0.25) is 4.79 Å². The van der Waals surface area contributed by atoms with Gasteiger partial charge in [-0.1, -0.05) is 24.3 Å². The van der Waals surface area contributed by atoms with Gasteiger partial charge in [0.05, 0.1) is 13.2 Å². The van der Waals surface area contributed by atoms with E-state index in [1.165, 1.54) is 0 Å². The molecule has 1 aromatic carbocycles. The first-order chi connectivity index (χ1) is 9.24. The van der Waals surface area contributed by atoms with Gasteiger partial charge in [0.2, 0.25) is 5.91 Å². The van der Waals surface area contributed by atoms with Crippen LogP contribution in [0.1, 0.15) is 30.9 Å². The van der Waals surface area contributed by atoms with Gasteiger partial charge in [-0.05, 0) is 30.9 Å². The van der Waals surface area contributed by atoms with E-state index in [9.17, 15) is 4.79 Å². The van der Waals surface area contributed by atoms with Crippen LogP contribution in [0.25, 0.3) is 0 Å². The van der Waals surface area contributed by atoms with Crippen molar-refractivity contribution in [3.63, 3.8) is 0 Å². The lowest BCUT2D eigenvalue weighted by atomic mass is 10.1. The van der Waals surface area contributed by atoms with Crippen LogP contribution in [0, 0.1) is 0 Å². The molecule has 1 saturated carbocycles. The van der Waals surface area contributed by atoms with Crippen molar-refractivity contribution in [1.82, 2.24) is 10.2 Å². The fourth-order valence-corrected chi connectivity index (χ4v) is 2.28. The largest absolute Gasteiger partial charge is 0.392 e. The summed E-state index contributed by atoms with van der Waals surface area (Å²) in [7, 11) is 0. The third-order valence-electron chi connectivity index (χ3n) is 3.43. The van der Waals surface area contributed by atoms with Crippen molar-refractivity contribution in [1.29, 1.82) is 0 Å². The number of amides is 1. The molecule has 1 aliphatic carbocycles. The highest BCUT2D eigenvalue weighted by atomic mass is 16.3. The smallest absolute Gasteiger partial charge is 0.236 e. The minimum atomic E-state index is 0.0536. The molecule has 0 unspecified atom stereocenters. The molecule has 19 heavy (non-hydrogen) atoms. The first-order valence-corrected chi connectivity index (χ1v) is 6.93. The number of aliphatic hydroxyl groups is 1. The van der Waals surface area contributed by atoms with Crippen molar-refractivity contribution >= 4 is 5.91 Å². The molecule has 0 atom stereocenters. The van der Waals surface area contributed by atoms with Crippen LogP contribution in [0.4, 0.5) is 0 Å². The van der Waals surface area contributed by atoms with Crippen LogP contribution in [0.2, 0.25) is 0 Å². The number of likely N-dealkylation sites (N-methyl/N-ethyl adjacent to an activating group) is 1. The Balaban J connectivity index is 1.77. The number of carbonyl (C=O) groups excluding carboxylic acids is 1. The van der Waals surface area contributed by atoms with Crippen LogP contribution in [-0.4, -0.2) is 35.0 Å². The Hall–Kier alpha value is -1.39. The summed E-state index contributed by atoms with van der Waals surface area (Å²) < 4.78 is 0. The van der Waals surface area contributed by atoms with Crippen molar-refractivity contribution in [3.8, 4) is 0 Å². The summed E-state index contributed by atoms with van der Waals surface area (Å²) in [5, 5.41) is 12.2. The van der Waals surface area contributed by atoms with Gasteiger partial charge < -0.3 is 15.3 Å². The number of aliphatic hydroxyl groups excluding tert-OH is 1. The lowest BCUT2D eigenvalue weighted by Crippen LogP contribution is -2.39. The molecule has 0 aromatic heterocycles. The van der Waals surface area contributed by atoms with Gasteiger partial charge in [-0.2, -0.15) is 0 Å². The van der Waals surface area contributed by atoms with Crippen LogP contribution in [0.15, 0.2) is 24.3 Å². The average Bonchev–Trinajstić information content (AvgIpc) is 3.24. The summed E-state index contributed by atoms with van der Waals surface area (Å²) >= 11 is 0. The summed E-state index contributed by atoms with van der Waals surface area (Å²) in [5.41, 5.74) is 1.99. The minimum Gasteiger partial charge on any atom is -0.392 e. The second-order valence-electron chi connectivity index (χ2n) is 4.99. The Labute approximate surface area is 114 Å². The fourth-order valence-electron chi connectivity index (χ4n) is 2.28. The molecule has 4 nitrogen and oxygen atoms in total. The molecule has 1 aromatic rings. The minimum absolute atomic E-state index is 0.0536. The van der Waals surface area contributed by atoms with E-state index in [0.29, 0.717) is 19.1 Å². The Bertz CT molecular complexity index is 430. The standard InChI is InChI=1S/C15H22N2O2/c1-2-17(14-6-7-14)15(19)10-16-9-12-4-3-5-13(8-12)11-18/h3-5,8,14,16,18H,2,6-7,9-11H2,1H3. The van der Waals surface area contributed by atoms with Crippen molar-refractivity contribution in [2.45, 2.75) is 39.0 Å². The number of benzene rings is 1. The zero-order valence-corrected chi connectivity index (χ0v) is 11.4. The van der Waals surface area contributed by atoms with Gasteiger partial charge in [-0.15, -0.1) is 0 Å². The first kappa shape index (κ1) is 14.0. The van der Waals surface area contributed by atoms with E-state index in [0.717, 1.165) is 30.5 Å². The van der Waals surface area contributed by atoms with Gasteiger partial charge in [0.25, 0.3) is 0 Å². The highest BCUT2D eigenvalue weighted by Crippen LogP contribution is 2.26. The van der Waals surface area contributed by atoms with Crippen molar-refractivity contribution in [2.24, 2.45) is 0 Å². The summed E-state index contributed by atoms with van der Waals surface area (Å²) in [6.45, 7) is 3.92. The zero-order chi connectivity index (χ0) is 13.7. The summed E-state index contributed by atoms with van der Waals surface area (Å²) in [6.07, 6.45) is 2.30. The molecule has 104 valence electrons. The molecule has 1 fully saturated rings. The van der Waals surface area contributed by atoms with Crippen LogP contribution in [-0.2, 0) is 17.9 Å². The zero-order valence-electron chi connectivity index (χ0n) is 11.4. The molecule has 2 N–H and O–H groups in total. The maximum absolute atomic E-state index is 12.0. The number of rotatable bonds is 7. The Morgan fingerprint density at radius 2 is 2.16 bits per heavy atom. The molecular formula is C15H22N2O2. The van der Waals surface area contributed by atoms with Crippen LogP contribution >= 0.6 is 0 Å². The van der Waals surface area contributed by atoms with E-state index in [1.54, 1.807) is 0 Å². The van der Waals surface area contributed by atoms with Crippen LogP contribution in [0.3, 0.4) is 0 Å². The van der Waals surface area contributed by atoms with Gasteiger partial charge >= 0.3 is 0 Å². The van der Waals surface area contributed by atoms with Gasteiger partial charge in [0.15, 0.2) is 0 Å². The molecule has 1 aliphatic rings. The van der Waals surface area contributed by atoms with Crippen LogP contribution < -0.4 is 5.32 Å². The summed E-state index contributed by atoms with van der Waals surface area (Å²) in [5.74, 6) is 0.184. The molecule has 1 amide bonds. The van der Waals surface area contributed by atoms with E-state index in [2.05, 4.69) is 5.32 Å². The van der Waals surface area contributed by atoms with Crippen molar-refractivity contribution in [2.75, 3.05) is 13.1 Å². The normalized spacial score (nSPS) is 14.4. The monoisotopic (exact) mass is 262 g/mol. The SMILES string of the molecule is CCN(C(=O)CNCc1cccc(CO)c1)C1CC1. The number of nitrogens with one attached hydrogen (secondary N) is 1. The second-order valence-corrected chi connectivity index (χ2v) is 4.99. The predicted molar refractivity (Wildman–Crippen MR) is 74.5 cm³/mol. The third kappa shape index (κ3) is 4.04. The van der Waals surface area contributed by atoms with Crippen molar-refractivity contribution < 1.29 is 9.90 Å². The van der Waals surface area contributed by atoms with E-state index < -0.39 is 0 Å². The molecular weight excluding hydrogens is 240 g/mol. The lowest BCUT2D eigenvalue weighted by Gasteiger charge is -2.20. The number of nitrogens with zero attached hydrogens (tertiary/aromatic N) is 1.